The molecule has 2 atom stereocenters. The van der Waals surface area contributed by atoms with Gasteiger partial charge in [-0.3, -0.25) is 4.79 Å². The smallest absolute Gasteiger partial charge is 0.255 e. The van der Waals surface area contributed by atoms with E-state index in [9.17, 15) is 4.79 Å². The van der Waals surface area contributed by atoms with E-state index in [1.165, 1.54) is 0 Å². The van der Waals surface area contributed by atoms with Crippen molar-refractivity contribution in [1.29, 1.82) is 0 Å². The Bertz CT molecular complexity index is 587. The minimum atomic E-state index is -0.358. The van der Waals surface area contributed by atoms with E-state index in [1.54, 1.807) is 6.20 Å². The van der Waals surface area contributed by atoms with Crippen molar-refractivity contribution in [2.45, 2.75) is 25.0 Å². The Hall–Kier alpha value is -2.49. The second kappa shape index (κ2) is 7.19. The molecule has 100 valence electrons. The first-order valence-corrected chi connectivity index (χ1v) is 6.42. The van der Waals surface area contributed by atoms with E-state index in [0.717, 1.165) is 12.0 Å². The fraction of sp³-hybridized carbons (Fsp3) is 0.235. The maximum Gasteiger partial charge on any atom is 0.255 e. The van der Waals surface area contributed by atoms with Gasteiger partial charge >= 0.3 is 0 Å². The van der Waals surface area contributed by atoms with Gasteiger partial charge in [-0.25, -0.2) is 0 Å². The van der Waals surface area contributed by atoms with Gasteiger partial charge < -0.3 is 10.1 Å². The lowest BCUT2D eigenvalue weighted by Crippen LogP contribution is -2.24. The summed E-state index contributed by atoms with van der Waals surface area (Å²) >= 11 is 0. The van der Waals surface area contributed by atoms with Crippen LogP contribution in [0.15, 0.2) is 36.5 Å². The highest BCUT2D eigenvalue weighted by atomic mass is 16.6. The van der Waals surface area contributed by atoms with Crippen LogP contribution in [0.25, 0.3) is 6.08 Å². The molecule has 0 radical (unpaired) electrons. The molecule has 1 fully saturated rings. The second-order valence-electron chi connectivity index (χ2n) is 4.33. The van der Waals surface area contributed by atoms with E-state index < -0.39 is 0 Å². The molecule has 0 bridgehead atoms. The first-order chi connectivity index (χ1) is 9.81. The maximum absolute atomic E-state index is 11.7. The predicted molar refractivity (Wildman–Crippen MR) is 78.1 cm³/mol. The molecule has 1 saturated heterocycles. The zero-order valence-corrected chi connectivity index (χ0v) is 11.0. The van der Waals surface area contributed by atoms with E-state index in [0.29, 0.717) is 6.42 Å². The number of carbonyl (C=O) groups is 1. The largest absolute Gasteiger partial charge is 0.359 e. The molecule has 0 saturated carbocycles. The van der Waals surface area contributed by atoms with Gasteiger partial charge in [-0.15, -0.1) is 6.42 Å². The van der Waals surface area contributed by atoms with Gasteiger partial charge in [0.25, 0.3) is 5.91 Å². The van der Waals surface area contributed by atoms with Crippen LogP contribution >= 0.6 is 0 Å². The van der Waals surface area contributed by atoms with Crippen LogP contribution in [0.2, 0.25) is 0 Å². The Morgan fingerprint density at radius 1 is 1.40 bits per heavy atom. The molecule has 0 aromatic heterocycles. The fourth-order valence-electron chi connectivity index (χ4n) is 1.79. The molecule has 1 aliphatic rings. The van der Waals surface area contributed by atoms with Gasteiger partial charge in [0.15, 0.2) is 6.10 Å². The number of rotatable bonds is 5. The van der Waals surface area contributed by atoms with Crippen molar-refractivity contribution in [1.82, 2.24) is 5.32 Å². The summed E-state index contributed by atoms with van der Waals surface area (Å²) in [6, 6.07) is 9.76. The van der Waals surface area contributed by atoms with Crippen LogP contribution in [-0.2, 0) is 9.53 Å². The number of hydrogen-bond donors (Lipinski definition) is 1. The summed E-state index contributed by atoms with van der Waals surface area (Å²) in [5.74, 6) is 7.49. The molecule has 1 amide bonds. The number of terminal acetylenes is 1. The standard InChI is InChI=1S/C17H15NO2/c1-2-3-4-8-11-15-16(20-15)17(19)18-13-12-14-9-6-5-7-10-14/h1,5-7,9-10,12-13,15-16H,8,11H2,(H,18,19). The molecule has 3 heteroatoms. The van der Waals surface area contributed by atoms with Gasteiger partial charge in [-0.05, 0) is 29.9 Å². The predicted octanol–water partition coefficient (Wildman–Crippen LogP) is 1.96. The minimum Gasteiger partial charge on any atom is -0.359 e. The van der Waals surface area contributed by atoms with Crippen LogP contribution in [-0.4, -0.2) is 18.1 Å². The molecule has 20 heavy (non-hydrogen) atoms. The number of carbonyl (C=O) groups excluding carboxylic acids is 1. The Balaban J connectivity index is 1.69. The summed E-state index contributed by atoms with van der Waals surface area (Å²) in [4.78, 5) is 11.7. The van der Waals surface area contributed by atoms with Crippen molar-refractivity contribution in [3.05, 3.63) is 42.1 Å². The SMILES string of the molecule is C#CC#CCCC1OC1C(=O)NC=Cc1ccccc1. The zero-order chi connectivity index (χ0) is 14.2. The van der Waals surface area contributed by atoms with Crippen molar-refractivity contribution in [3.63, 3.8) is 0 Å². The van der Waals surface area contributed by atoms with E-state index in [-0.39, 0.29) is 18.1 Å². The summed E-state index contributed by atoms with van der Waals surface area (Å²) < 4.78 is 5.30. The second-order valence-corrected chi connectivity index (χ2v) is 4.33. The van der Waals surface area contributed by atoms with Gasteiger partial charge in [0.2, 0.25) is 0 Å². The first kappa shape index (κ1) is 13.9. The molecule has 2 unspecified atom stereocenters. The molecule has 1 aliphatic heterocycles. The van der Waals surface area contributed by atoms with Crippen molar-refractivity contribution in [2.75, 3.05) is 0 Å². The molecule has 1 heterocycles. The van der Waals surface area contributed by atoms with E-state index in [4.69, 9.17) is 11.2 Å². The highest BCUT2D eigenvalue weighted by molar-refractivity contribution is 5.85. The number of hydrogen-bond acceptors (Lipinski definition) is 2. The number of amides is 1. The van der Waals surface area contributed by atoms with E-state index >= 15 is 0 Å². The van der Waals surface area contributed by atoms with Crippen LogP contribution in [0.5, 0.6) is 0 Å². The lowest BCUT2D eigenvalue weighted by molar-refractivity contribution is -0.121. The van der Waals surface area contributed by atoms with Crippen LogP contribution in [0, 0.1) is 24.2 Å². The molecule has 1 aromatic carbocycles. The number of ether oxygens (including phenoxy) is 1. The quantitative estimate of drug-likeness (QED) is 0.653. The van der Waals surface area contributed by atoms with Gasteiger partial charge in [-0.1, -0.05) is 36.3 Å². The zero-order valence-electron chi connectivity index (χ0n) is 11.0. The van der Waals surface area contributed by atoms with Crippen molar-refractivity contribution >= 4 is 12.0 Å². The lowest BCUT2D eigenvalue weighted by atomic mass is 10.2. The van der Waals surface area contributed by atoms with Gasteiger partial charge in [-0.2, -0.15) is 0 Å². The summed E-state index contributed by atoms with van der Waals surface area (Å²) in [5.41, 5.74) is 1.03. The van der Waals surface area contributed by atoms with Crippen LogP contribution < -0.4 is 5.32 Å². The minimum absolute atomic E-state index is 0.0350. The van der Waals surface area contributed by atoms with E-state index in [1.807, 2.05) is 36.4 Å². The van der Waals surface area contributed by atoms with Crippen molar-refractivity contribution in [3.8, 4) is 24.2 Å². The lowest BCUT2D eigenvalue weighted by Gasteiger charge is -1.95. The van der Waals surface area contributed by atoms with Crippen LogP contribution in [0.1, 0.15) is 18.4 Å². The molecule has 0 aliphatic carbocycles. The average Bonchev–Trinajstić information content (AvgIpc) is 3.24. The van der Waals surface area contributed by atoms with Crippen molar-refractivity contribution in [2.24, 2.45) is 0 Å². The molecular formula is C17H15NO2. The van der Waals surface area contributed by atoms with E-state index in [2.05, 4.69) is 23.1 Å². The Morgan fingerprint density at radius 3 is 2.95 bits per heavy atom. The number of benzene rings is 1. The summed E-state index contributed by atoms with van der Waals surface area (Å²) in [6.07, 6.45) is 9.48. The summed E-state index contributed by atoms with van der Waals surface area (Å²) in [7, 11) is 0. The number of epoxide rings is 1. The van der Waals surface area contributed by atoms with Gasteiger partial charge in [0.1, 0.15) is 0 Å². The Labute approximate surface area is 119 Å². The molecule has 3 nitrogen and oxygen atoms in total. The highest BCUT2D eigenvalue weighted by Gasteiger charge is 2.43. The third-order valence-electron chi connectivity index (χ3n) is 2.86. The van der Waals surface area contributed by atoms with Gasteiger partial charge in [0.05, 0.1) is 6.10 Å². The molecule has 1 aromatic rings. The van der Waals surface area contributed by atoms with Crippen LogP contribution in [0.3, 0.4) is 0 Å². The normalized spacial score (nSPS) is 19.8. The monoisotopic (exact) mass is 265 g/mol. The molecule has 0 spiro atoms. The Morgan fingerprint density at radius 2 is 2.20 bits per heavy atom. The van der Waals surface area contributed by atoms with Crippen molar-refractivity contribution < 1.29 is 9.53 Å². The highest BCUT2D eigenvalue weighted by Crippen LogP contribution is 2.26. The summed E-state index contributed by atoms with van der Waals surface area (Å²) in [5, 5.41) is 2.71. The first-order valence-electron chi connectivity index (χ1n) is 6.42. The topological polar surface area (TPSA) is 41.6 Å². The fourth-order valence-corrected chi connectivity index (χ4v) is 1.79. The Kier molecular flexibility index (Phi) is 5.00. The maximum atomic E-state index is 11.7. The third-order valence-corrected chi connectivity index (χ3v) is 2.86. The summed E-state index contributed by atoms with van der Waals surface area (Å²) in [6.45, 7) is 0. The third kappa shape index (κ3) is 4.31. The average molecular weight is 265 g/mol. The van der Waals surface area contributed by atoms with Crippen LogP contribution in [0.4, 0.5) is 0 Å². The molecule has 1 N–H and O–H groups in total. The van der Waals surface area contributed by atoms with Gasteiger partial charge in [0, 0.05) is 12.6 Å². The molecular weight excluding hydrogens is 250 g/mol. The number of nitrogens with one attached hydrogen (secondary N) is 1. The molecule has 2 rings (SSSR count).